The van der Waals surface area contributed by atoms with Crippen molar-refractivity contribution < 1.29 is 23.7 Å². The number of rotatable bonds is 5. The summed E-state index contributed by atoms with van der Waals surface area (Å²) in [5, 5.41) is 16.1. The van der Waals surface area contributed by atoms with Crippen LogP contribution in [0.3, 0.4) is 0 Å². The number of amides is 2. The first-order chi connectivity index (χ1) is 12.5. The number of esters is 1. The molecule has 1 aliphatic rings. The molecule has 0 fully saturated rings. The lowest BCUT2D eigenvalue weighted by Crippen LogP contribution is -2.45. The molecule has 1 aromatic heterocycles. The number of nitrogens with one attached hydrogen (secondary N) is 2. The Bertz CT molecular complexity index is 888. The molecule has 0 saturated heterocycles. The van der Waals surface area contributed by atoms with Gasteiger partial charge in [-0.1, -0.05) is 12.1 Å². The molecule has 134 valence electrons. The van der Waals surface area contributed by atoms with Gasteiger partial charge < -0.3 is 19.8 Å². The summed E-state index contributed by atoms with van der Waals surface area (Å²) in [5.74, 6) is -0.195. The second kappa shape index (κ2) is 7.09. The van der Waals surface area contributed by atoms with E-state index in [1.165, 1.54) is 24.5 Å². The van der Waals surface area contributed by atoms with Crippen LogP contribution in [0.25, 0.3) is 0 Å². The second-order valence-electron chi connectivity index (χ2n) is 5.58. The third-order valence-corrected chi connectivity index (χ3v) is 3.83. The Morgan fingerprint density at radius 1 is 1.35 bits per heavy atom. The lowest BCUT2D eigenvalue weighted by molar-refractivity contribution is -0.384. The first-order valence-corrected chi connectivity index (χ1v) is 7.68. The summed E-state index contributed by atoms with van der Waals surface area (Å²) in [6.07, 6.45) is 1.46. The Morgan fingerprint density at radius 3 is 2.85 bits per heavy atom. The van der Waals surface area contributed by atoms with E-state index in [0.717, 1.165) is 0 Å². The minimum Gasteiger partial charge on any atom is -0.466 e. The summed E-state index contributed by atoms with van der Waals surface area (Å²) in [5.41, 5.74) is 0.737. The summed E-state index contributed by atoms with van der Waals surface area (Å²) < 4.78 is 10.4. The normalized spacial score (nSPS) is 16.7. The number of allylic oxidation sites excluding steroid dienone is 1. The number of non-ortho nitro benzene ring substituents is 1. The van der Waals surface area contributed by atoms with Crippen molar-refractivity contribution in [3.05, 3.63) is 75.4 Å². The molecule has 2 aromatic rings. The lowest BCUT2D eigenvalue weighted by Gasteiger charge is -2.28. The molecule has 26 heavy (non-hydrogen) atoms. The predicted molar refractivity (Wildman–Crippen MR) is 88.7 cm³/mol. The van der Waals surface area contributed by atoms with E-state index < -0.39 is 23.0 Å². The Balaban J connectivity index is 1.90. The molecule has 3 rings (SSSR count). The zero-order valence-corrected chi connectivity index (χ0v) is 13.7. The maximum absolute atomic E-state index is 12.6. The summed E-state index contributed by atoms with van der Waals surface area (Å²) >= 11 is 0. The van der Waals surface area contributed by atoms with Gasteiger partial charge in [-0.05, 0) is 24.6 Å². The summed E-state index contributed by atoms with van der Waals surface area (Å²) in [6, 6.07) is 7.67. The topological polar surface area (TPSA) is 124 Å². The monoisotopic (exact) mass is 357 g/mol. The van der Waals surface area contributed by atoms with Gasteiger partial charge in [0.05, 0.1) is 22.8 Å². The Hall–Kier alpha value is -3.62. The highest BCUT2D eigenvalue weighted by molar-refractivity contribution is 5.95. The van der Waals surface area contributed by atoms with Gasteiger partial charge in [0.15, 0.2) is 0 Å². The molecular formula is C17H15N3O6. The minimum atomic E-state index is -0.868. The fraction of sp³-hybridized carbons (Fsp3) is 0.176. The fourth-order valence-corrected chi connectivity index (χ4v) is 2.64. The van der Waals surface area contributed by atoms with Gasteiger partial charge in [-0.3, -0.25) is 10.1 Å². The van der Waals surface area contributed by atoms with Gasteiger partial charge in [-0.15, -0.1) is 0 Å². The van der Waals surface area contributed by atoms with Gasteiger partial charge >= 0.3 is 12.0 Å². The Labute approximate surface area is 147 Å². The van der Waals surface area contributed by atoms with Crippen LogP contribution < -0.4 is 10.6 Å². The van der Waals surface area contributed by atoms with Gasteiger partial charge in [0, 0.05) is 17.8 Å². The van der Waals surface area contributed by atoms with E-state index in [2.05, 4.69) is 10.6 Å². The molecule has 9 nitrogen and oxygen atoms in total. The van der Waals surface area contributed by atoms with E-state index in [9.17, 15) is 19.7 Å². The van der Waals surface area contributed by atoms with Crippen molar-refractivity contribution in [3.63, 3.8) is 0 Å². The number of nitrogens with zero attached hydrogens (tertiary/aromatic N) is 1. The third-order valence-electron chi connectivity index (χ3n) is 3.83. The molecule has 2 heterocycles. The number of benzene rings is 1. The van der Waals surface area contributed by atoms with Gasteiger partial charge in [0.1, 0.15) is 12.4 Å². The van der Waals surface area contributed by atoms with Crippen LogP contribution in [-0.2, 0) is 16.1 Å². The first kappa shape index (κ1) is 17.2. The molecule has 0 unspecified atom stereocenters. The molecule has 0 spiro atoms. The van der Waals surface area contributed by atoms with E-state index in [0.29, 0.717) is 17.0 Å². The van der Waals surface area contributed by atoms with E-state index in [1.54, 1.807) is 25.1 Å². The predicted octanol–water partition coefficient (Wildman–Crippen LogP) is 2.56. The summed E-state index contributed by atoms with van der Waals surface area (Å²) in [6.45, 7) is 1.49. The molecule has 0 aliphatic carbocycles. The highest BCUT2D eigenvalue weighted by Gasteiger charge is 2.33. The fourth-order valence-electron chi connectivity index (χ4n) is 2.64. The van der Waals surface area contributed by atoms with E-state index >= 15 is 0 Å². The van der Waals surface area contributed by atoms with Crippen LogP contribution >= 0.6 is 0 Å². The molecule has 2 amide bonds. The van der Waals surface area contributed by atoms with E-state index in [1.807, 2.05) is 0 Å². The standard InChI is InChI=1S/C17H15N3O6/c1-10-14(16(21)26-9-13-6-3-7-25-13)15(19-17(22)18-10)11-4-2-5-12(8-11)20(23)24/h2-8,15H,9H2,1H3,(H2,18,19,22)/t15-/m0/s1. The highest BCUT2D eigenvalue weighted by atomic mass is 16.6. The second-order valence-corrected chi connectivity index (χ2v) is 5.58. The van der Waals surface area contributed by atoms with Crippen molar-refractivity contribution in [3.8, 4) is 0 Å². The van der Waals surface area contributed by atoms with Crippen molar-refractivity contribution in [2.24, 2.45) is 0 Å². The van der Waals surface area contributed by atoms with Crippen LogP contribution in [-0.4, -0.2) is 16.9 Å². The smallest absolute Gasteiger partial charge is 0.338 e. The molecule has 2 N–H and O–H groups in total. The molecule has 0 radical (unpaired) electrons. The average molecular weight is 357 g/mol. The number of furan rings is 1. The number of carbonyl (C=O) groups is 2. The van der Waals surface area contributed by atoms with Crippen molar-refractivity contribution >= 4 is 17.7 Å². The Kier molecular flexibility index (Phi) is 4.70. The van der Waals surface area contributed by atoms with Crippen molar-refractivity contribution in [2.75, 3.05) is 0 Å². The van der Waals surface area contributed by atoms with Crippen LogP contribution in [0, 0.1) is 10.1 Å². The molecule has 9 heteroatoms. The van der Waals surface area contributed by atoms with Crippen LogP contribution in [0.1, 0.15) is 24.3 Å². The number of nitro benzene ring substituents is 1. The molecule has 0 saturated carbocycles. The quantitative estimate of drug-likeness (QED) is 0.481. The third kappa shape index (κ3) is 3.56. The molecule has 1 aliphatic heterocycles. The van der Waals surface area contributed by atoms with Crippen LogP contribution in [0.4, 0.5) is 10.5 Å². The molecule has 0 bridgehead atoms. The molecular weight excluding hydrogens is 342 g/mol. The molecule has 1 atom stereocenters. The summed E-state index contributed by atoms with van der Waals surface area (Å²) in [7, 11) is 0. The Morgan fingerprint density at radius 2 is 2.15 bits per heavy atom. The van der Waals surface area contributed by atoms with E-state index in [-0.39, 0.29) is 17.9 Å². The largest absolute Gasteiger partial charge is 0.466 e. The highest BCUT2D eigenvalue weighted by Crippen LogP contribution is 2.29. The SMILES string of the molecule is CC1=C(C(=O)OCc2ccco2)[C@H](c2cccc([N+](=O)[O-])c2)NC(=O)N1. The van der Waals surface area contributed by atoms with Crippen molar-refractivity contribution in [1.29, 1.82) is 0 Å². The van der Waals surface area contributed by atoms with Crippen LogP contribution in [0.2, 0.25) is 0 Å². The number of urea groups is 1. The van der Waals surface area contributed by atoms with Gasteiger partial charge in [-0.25, -0.2) is 9.59 Å². The van der Waals surface area contributed by atoms with Gasteiger partial charge in [-0.2, -0.15) is 0 Å². The van der Waals surface area contributed by atoms with Crippen molar-refractivity contribution in [2.45, 2.75) is 19.6 Å². The number of carbonyl (C=O) groups excluding carboxylic acids is 2. The van der Waals surface area contributed by atoms with Gasteiger partial charge in [0.2, 0.25) is 0 Å². The van der Waals surface area contributed by atoms with E-state index in [4.69, 9.17) is 9.15 Å². The zero-order chi connectivity index (χ0) is 18.7. The zero-order valence-electron chi connectivity index (χ0n) is 13.7. The summed E-state index contributed by atoms with van der Waals surface area (Å²) in [4.78, 5) is 34.9. The first-order valence-electron chi connectivity index (χ1n) is 7.68. The number of nitro groups is 1. The maximum Gasteiger partial charge on any atom is 0.338 e. The number of hydrogen-bond donors (Lipinski definition) is 2. The van der Waals surface area contributed by atoms with Crippen LogP contribution in [0.15, 0.2) is 58.3 Å². The number of hydrogen-bond acceptors (Lipinski definition) is 6. The number of ether oxygens (including phenoxy) is 1. The maximum atomic E-state index is 12.6. The van der Waals surface area contributed by atoms with Crippen molar-refractivity contribution in [1.82, 2.24) is 10.6 Å². The van der Waals surface area contributed by atoms with Crippen LogP contribution in [0.5, 0.6) is 0 Å². The average Bonchev–Trinajstić information content (AvgIpc) is 3.12. The lowest BCUT2D eigenvalue weighted by atomic mass is 9.95. The molecule has 1 aromatic carbocycles. The minimum absolute atomic E-state index is 0.0712. The van der Waals surface area contributed by atoms with Gasteiger partial charge in [0.25, 0.3) is 5.69 Å².